The monoisotopic (exact) mass is 261 g/mol. The van der Waals surface area contributed by atoms with Gasteiger partial charge in [0.05, 0.1) is 11.3 Å². The van der Waals surface area contributed by atoms with Gasteiger partial charge in [-0.1, -0.05) is 6.07 Å². The normalized spacial score (nSPS) is 20.4. The third-order valence-corrected chi connectivity index (χ3v) is 4.12. The van der Waals surface area contributed by atoms with Gasteiger partial charge < -0.3 is 10.2 Å². The Hall–Kier alpha value is -1.18. The van der Waals surface area contributed by atoms with Gasteiger partial charge in [0.1, 0.15) is 6.07 Å². The summed E-state index contributed by atoms with van der Waals surface area (Å²) in [7, 11) is 2.15. The zero-order valence-corrected chi connectivity index (χ0v) is 11.8. The predicted octanol–water partition coefficient (Wildman–Crippen LogP) is 2.79. The highest BCUT2D eigenvalue weighted by molar-refractivity contribution is 7.98. The Morgan fingerprint density at radius 1 is 1.50 bits per heavy atom. The second kappa shape index (κ2) is 6.12. The highest BCUT2D eigenvalue weighted by Crippen LogP contribution is 2.27. The quantitative estimate of drug-likeness (QED) is 0.849. The predicted molar refractivity (Wildman–Crippen MR) is 77.1 cm³/mol. The van der Waals surface area contributed by atoms with E-state index in [-0.39, 0.29) is 0 Å². The number of nitrogens with one attached hydrogen (secondary N) is 1. The average molecular weight is 261 g/mol. The Kier molecular flexibility index (Phi) is 4.51. The second-order valence-electron chi connectivity index (χ2n) is 4.74. The summed E-state index contributed by atoms with van der Waals surface area (Å²) in [6.07, 6.45) is 4.41. The van der Waals surface area contributed by atoms with Crippen LogP contribution in [0.4, 0.5) is 5.69 Å². The molecule has 0 amide bonds. The summed E-state index contributed by atoms with van der Waals surface area (Å²) in [5.74, 6) is 0. The fourth-order valence-electron chi connectivity index (χ4n) is 2.44. The van der Waals surface area contributed by atoms with E-state index >= 15 is 0 Å². The number of anilines is 1. The van der Waals surface area contributed by atoms with Gasteiger partial charge in [0, 0.05) is 17.5 Å². The molecule has 1 saturated heterocycles. The Bertz CT molecular complexity index is 453. The number of nitriles is 1. The summed E-state index contributed by atoms with van der Waals surface area (Å²) in [4.78, 5) is 3.39. The second-order valence-corrected chi connectivity index (χ2v) is 5.59. The Morgan fingerprint density at radius 2 is 2.33 bits per heavy atom. The number of likely N-dealkylation sites (N-methyl/N-ethyl adjacent to an activating group) is 1. The molecular weight excluding hydrogens is 242 g/mol. The van der Waals surface area contributed by atoms with Crippen molar-refractivity contribution in [2.75, 3.05) is 31.7 Å². The van der Waals surface area contributed by atoms with Crippen molar-refractivity contribution in [1.29, 1.82) is 5.26 Å². The van der Waals surface area contributed by atoms with Crippen molar-refractivity contribution < 1.29 is 0 Å². The van der Waals surface area contributed by atoms with Gasteiger partial charge in [0.25, 0.3) is 0 Å². The van der Waals surface area contributed by atoms with Crippen LogP contribution in [0, 0.1) is 11.3 Å². The van der Waals surface area contributed by atoms with E-state index in [1.54, 1.807) is 11.8 Å². The van der Waals surface area contributed by atoms with Crippen LogP contribution in [0.25, 0.3) is 0 Å². The summed E-state index contributed by atoms with van der Waals surface area (Å²) >= 11 is 1.62. The van der Waals surface area contributed by atoms with Gasteiger partial charge in [-0.15, -0.1) is 11.8 Å². The smallest absolute Gasteiger partial charge is 0.102 e. The van der Waals surface area contributed by atoms with Crippen molar-refractivity contribution in [3.05, 3.63) is 23.8 Å². The highest BCUT2D eigenvalue weighted by Gasteiger charge is 2.18. The zero-order chi connectivity index (χ0) is 13.0. The van der Waals surface area contributed by atoms with Crippen LogP contribution >= 0.6 is 11.8 Å². The first-order valence-corrected chi connectivity index (χ1v) is 7.49. The average Bonchev–Trinajstić information content (AvgIpc) is 2.38. The highest BCUT2D eigenvalue weighted by atomic mass is 32.2. The van der Waals surface area contributed by atoms with Crippen molar-refractivity contribution in [2.45, 2.75) is 23.8 Å². The molecule has 18 heavy (non-hydrogen) atoms. The number of likely N-dealkylation sites (tertiary alicyclic amines) is 1. The maximum atomic E-state index is 9.30. The molecule has 1 aromatic rings. The van der Waals surface area contributed by atoms with Crippen LogP contribution < -0.4 is 5.32 Å². The van der Waals surface area contributed by atoms with Gasteiger partial charge in [-0.3, -0.25) is 0 Å². The first kappa shape index (κ1) is 13.3. The number of thioether (sulfide) groups is 1. The number of rotatable bonds is 3. The fourth-order valence-corrected chi connectivity index (χ4v) is 3.02. The maximum Gasteiger partial charge on any atom is 0.102 e. The van der Waals surface area contributed by atoms with Crippen molar-refractivity contribution >= 4 is 17.4 Å². The molecule has 0 saturated carbocycles. The Morgan fingerprint density at radius 3 is 3.00 bits per heavy atom. The number of benzene rings is 1. The standard InChI is InChI=1S/C14H19N3S/c1-17-8-4-5-11(10-17)16-13-6-3-7-14(18-2)12(13)9-15/h3,6-7,11,16H,4-5,8,10H2,1-2H3. The number of hydrogen-bond acceptors (Lipinski definition) is 4. The molecule has 1 atom stereocenters. The first-order valence-electron chi connectivity index (χ1n) is 6.26. The van der Waals surface area contributed by atoms with E-state index in [9.17, 15) is 5.26 Å². The largest absolute Gasteiger partial charge is 0.380 e. The van der Waals surface area contributed by atoms with Crippen LogP contribution in [0.15, 0.2) is 23.1 Å². The summed E-state index contributed by atoms with van der Waals surface area (Å²) in [6.45, 7) is 2.22. The SMILES string of the molecule is CSc1cccc(NC2CCCN(C)C2)c1C#N. The van der Waals surface area contributed by atoms with E-state index in [4.69, 9.17) is 0 Å². The van der Waals surface area contributed by atoms with Crippen molar-refractivity contribution in [1.82, 2.24) is 4.90 Å². The van der Waals surface area contributed by atoms with Gasteiger partial charge in [-0.25, -0.2) is 0 Å². The summed E-state index contributed by atoms with van der Waals surface area (Å²) in [5.41, 5.74) is 1.75. The van der Waals surface area contributed by atoms with E-state index in [0.29, 0.717) is 6.04 Å². The molecule has 0 spiro atoms. The van der Waals surface area contributed by atoms with Gasteiger partial charge in [0.15, 0.2) is 0 Å². The van der Waals surface area contributed by atoms with E-state index < -0.39 is 0 Å². The van der Waals surface area contributed by atoms with Crippen molar-refractivity contribution in [3.63, 3.8) is 0 Å². The molecule has 0 aromatic heterocycles. The molecule has 1 aliphatic heterocycles. The Balaban J connectivity index is 2.16. The van der Waals surface area contributed by atoms with E-state index in [1.807, 2.05) is 24.5 Å². The minimum atomic E-state index is 0.452. The molecule has 2 rings (SSSR count). The lowest BCUT2D eigenvalue weighted by Crippen LogP contribution is -2.39. The molecule has 0 aliphatic carbocycles. The lowest BCUT2D eigenvalue weighted by molar-refractivity contribution is 0.261. The molecule has 1 heterocycles. The summed E-state index contributed by atoms with van der Waals surface area (Å²) < 4.78 is 0. The molecule has 1 fully saturated rings. The number of piperidine rings is 1. The van der Waals surface area contributed by atoms with Gasteiger partial charge in [-0.05, 0) is 44.8 Å². The summed E-state index contributed by atoms with van der Waals surface area (Å²) in [5, 5.41) is 12.8. The number of nitrogens with zero attached hydrogens (tertiary/aromatic N) is 2. The number of hydrogen-bond donors (Lipinski definition) is 1. The molecular formula is C14H19N3S. The molecule has 0 radical (unpaired) electrons. The van der Waals surface area contributed by atoms with Crippen LogP contribution in [0.5, 0.6) is 0 Å². The fraction of sp³-hybridized carbons (Fsp3) is 0.500. The Labute approximate surface area is 113 Å². The third-order valence-electron chi connectivity index (χ3n) is 3.34. The molecule has 0 bridgehead atoms. The van der Waals surface area contributed by atoms with Crippen molar-refractivity contribution in [2.24, 2.45) is 0 Å². The van der Waals surface area contributed by atoms with Crippen LogP contribution in [-0.2, 0) is 0 Å². The molecule has 3 nitrogen and oxygen atoms in total. The van der Waals surface area contributed by atoms with Crippen LogP contribution in [0.2, 0.25) is 0 Å². The zero-order valence-electron chi connectivity index (χ0n) is 10.9. The molecule has 96 valence electrons. The van der Waals surface area contributed by atoms with Gasteiger partial charge >= 0.3 is 0 Å². The lowest BCUT2D eigenvalue weighted by atomic mass is 10.1. The first-order chi connectivity index (χ1) is 8.74. The minimum absolute atomic E-state index is 0.452. The van der Waals surface area contributed by atoms with E-state index in [2.05, 4.69) is 23.3 Å². The van der Waals surface area contributed by atoms with E-state index in [0.717, 1.165) is 22.7 Å². The van der Waals surface area contributed by atoms with Gasteiger partial charge in [0.2, 0.25) is 0 Å². The molecule has 1 aromatic carbocycles. The molecule has 1 N–H and O–H groups in total. The lowest BCUT2D eigenvalue weighted by Gasteiger charge is -2.31. The topological polar surface area (TPSA) is 39.1 Å². The molecule has 1 unspecified atom stereocenters. The third kappa shape index (κ3) is 2.98. The summed E-state index contributed by atoms with van der Waals surface area (Å²) in [6, 6.07) is 8.79. The molecule has 4 heteroatoms. The van der Waals surface area contributed by atoms with Crippen molar-refractivity contribution in [3.8, 4) is 6.07 Å². The minimum Gasteiger partial charge on any atom is -0.380 e. The van der Waals surface area contributed by atoms with Crippen LogP contribution in [0.3, 0.4) is 0 Å². The van der Waals surface area contributed by atoms with Crippen LogP contribution in [0.1, 0.15) is 18.4 Å². The van der Waals surface area contributed by atoms with E-state index in [1.165, 1.54) is 19.4 Å². The van der Waals surface area contributed by atoms with Gasteiger partial charge in [-0.2, -0.15) is 5.26 Å². The molecule has 1 aliphatic rings. The maximum absolute atomic E-state index is 9.30. The van der Waals surface area contributed by atoms with Crippen LogP contribution in [-0.4, -0.2) is 37.3 Å².